The first-order chi connectivity index (χ1) is 3.25. The Balaban J connectivity index is 0. The minimum absolute atomic E-state index is 0. The monoisotopic (exact) mass is 155 g/mol. The van der Waals surface area contributed by atoms with E-state index in [0.717, 1.165) is 0 Å². The van der Waals surface area contributed by atoms with Gasteiger partial charge in [0, 0.05) is 11.1 Å². The van der Waals surface area contributed by atoms with Crippen molar-refractivity contribution in [1.82, 2.24) is 0 Å². The summed E-state index contributed by atoms with van der Waals surface area (Å²) in [6.07, 6.45) is 0. The molecular weight excluding hydrogens is 139 g/mol. The summed E-state index contributed by atoms with van der Waals surface area (Å²) < 4.78 is 0. The molecule has 0 spiro atoms. The summed E-state index contributed by atoms with van der Waals surface area (Å²) in [6.45, 7) is 7.69. The maximum Gasteiger partial charge on any atom is 1.00 e. The van der Waals surface area contributed by atoms with Gasteiger partial charge in [0.25, 0.3) is 0 Å². The van der Waals surface area contributed by atoms with E-state index in [1.807, 2.05) is 27.7 Å². The third-order valence-electron chi connectivity index (χ3n) is 1.66. The van der Waals surface area contributed by atoms with Crippen LogP contribution in [0.25, 0.3) is 0 Å². The first-order valence-electron chi connectivity index (χ1n) is 2.83. The minimum atomic E-state index is -0.285. The molecule has 9 heavy (non-hydrogen) atoms. The summed E-state index contributed by atoms with van der Waals surface area (Å²) in [5.41, 5.74) is 10.8. The largest absolute Gasteiger partial charge is 1.00 e. The normalized spacial score (nSPS) is 12.7. The molecule has 0 saturated carbocycles. The van der Waals surface area contributed by atoms with E-state index in [1.165, 1.54) is 0 Å². The molecule has 2 nitrogen and oxygen atoms in total. The second-order valence-electron chi connectivity index (χ2n) is 3.44. The molecular formula is C6H16KN2+. The standard InChI is InChI=1S/C6H16N2.K/c1-5(2,7)6(3,4)8;/h7-8H2,1-4H3;/q;+1. The van der Waals surface area contributed by atoms with E-state index in [4.69, 9.17) is 11.5 Å². The zero-order chi connectivity index (χ0) is 7.00. The summed E-state index contributed by atoms with van der Waals surface area (Å²) >= 11 is 0. The van der Waals surface area contributed by atoms with Crippen molar-refractivity contribution in [2.24, 2.45) is 11.5 Å². The Morgan fingerprint density at radius 2 is 0.889 bits per heavy atom. The van der Waals surface area contributed by atoms with E-state index in [9.17, 15) is 0 Å². The van der Waals surface area contributed by atoms with Crippen LogP contribution in [0.1, 0.15) is 27.7 Å². The number of rotatable bonds is 1. The van der Waals surface area contributed by atoms with Gasteiger partial charge in [0.05, 0.1) is 0 Å². The molecule has 0 radical (unpaired) electrons. The molecule has 0 heterocycles. The van der Waals surface area contributed by atoms with Crippen LogP contribution >= 0.6 is 0 Å². The van der Waals surface area contributed by atoms with Gasteiger partial charge >= 0.3 is 51.4 Å². The molecule has 0 aliphatic heterocycles. The maximum atomic E-state index is 5.69. The van der Waals surface area contributed by atoms with Gasteiger partial charge in [0.15, 0.2) is 0 Å². The van der Waals surface area contributed by atoms with Crippen molar-refractivity contribution in [2.75, 3.05) is 0 Å². The second-order valence-corrected chi connectivity index (χ2v) is 3.44. The van der Waals surface area contributed by atoms with Gasteiger partial charge in [-0.25, -0.2) is 0 Å². The molecule has 4 N–H and O–H groups in total. The van der Waals surface area contributed by atoms with Gasteiger partial charge in [0.2, 0.25) is 0 Å². The summed E-state index contributed by atoms with van der Waals surface area (Å²) in [7, 11) is 0. The van der Waals surface area contributed by atoms with Gasteiger partial charge < -0.3 is 11.5 Å². The van der Waals surface area contributed by atoms with Crippen LogP contribution < -0.4 is 62.9 Å². The Morgan fingerprint density at radius 1 is 0.778 bits per heavy atom. The van der Waals surface area contributed by atoms with Crippen LogP contribution in [0.15, 0.2) is 0 Å². The molecule has 0 aromatic heterocycles. The zero-order valence-electron chi connectivity index (χ0n) is 7.15. The SMILES string of the molecule is CC(C)(N)C(C)(C)N.[K+]. The number of hydrogen-bond donors (Lipinski definition) is 2. The Morgan fingerprint density at radius 3 is 0.889 bits per heavy atom. The van der Waals surface area contributed by atoms with E-state index < -0.39 is 0 Å². The summed E-state index contributed by atoms with van der Waals surface area (Å²) in [5.74, 6) is 0. The fourth-order valence-corrected chi connectivity index (χ4v) is 0. The van der Waals surface area contributed by atoms with Crippen molar-refractivity contribution in [2.45, 2.75) is 38.8 Å². The summed E-state index contributed by atoms with van der Waals surface area (Å²) in [6, 6.07) is 0. The molecule has 0 fully saturated rings. The van der Waals surface area contributed by atoms with Crippen LogP contribution in [0.2, 0.25) is 0 Å². The van der Waals surface area contributed by atoms with Crippen molar-refractivity contribution >= 4 is 0 Å². The van der Waals surface area contributed by atoms with Crippen molar-refractivity contribution in [3.63, 3.8) is 0 Å². The van der Waals surface area contributed by atoms with E-state index >= 15 is 0 Å². The minimum Gasteiger partial charge on any atom is -0.324 e. The van der Waals surface area contributed by atoms with E-state index in [0.29, 0.717) is 0 Å². The van der Waals surface area contributed by atoms with E-state index in [1.54, 1.807) is 0 Å². The maximum absolute atomic E-state index is 5.69. The molecule has 0 aliphatic carbocycles. The number of nitrogens with two attached hydrogens (primary N) is 2. The predicted octanol–water partition coefficient (Wildman–Crippen LogP) is -2.53. The van der Waals surface area contributed by atoms with Gasteiger partial charge in [-0.05, 0) is 27.7 Å². The van der Waals surface area contributed by atoms with Gasteiger partial charge in [-0.1, -0.05) is 0 Å². The Kier molecular flexibility index (Phi) is 5.57. The van der Waals surface area contributed by atoms with Crippen LogP contribution in [-0.2, 0) is 0 Å². The predicted molar refractivity (Wildman–Crippen MR) is 36.5 cm³/mol. The quantitative estimate of drug-likeness (QED) is 0.410. The van der Waals surface area contributed by atoms with Gasteiger partial charge in [0.1, 0.15) is 0 Å². The van der Waals surface area contributed by atoms with E-state index in [2.05, 4.69) is 0 Å². The molecule has 0 aliphatic rings. The van der Waals surface area contributed by atoms with Gasteiger partial charge in [-0.3, -0.25) is 0 Å². The van der Waals surface area contributed by atoms with Crippen LogP contribution in [0.5, 0.6) is 0 Å². The van der Waals surface area contributed by atoms with Crippen LogP contribution in [-0.4, -0.2) is 11.1 Å². The molecule has 0 unspecified atom stereocenters. The van der Waals surface area contributed by atoms with Gasteiger partial charge in [-0.2, -0.15) is 0 Å². The molecule has 50 valence electrons. The molecule has 0 rings (SSSR count). The zero-order valence-corrected chi connectivity index (χ0v) is 10.3. The smallest absolute Gasteiger partial charge is 0.324 e. The van der Waals surface area contributed by atoms with Crippen molar-refractivity contribution in [3.05, 3.63) is 0 Å². The Bertz CT molecular complexity index is 66.0. The molecule has 3 heteroatoms. The average Bonchev–Trinajstić information content (AvgIpc) is 1.25. The van der Waals surface area contributed by atoms with Crippen LogP contribution in [0.3, 0.4) is 0 Å². The fourth-order valence-electron chi connectivity index (χ4n) is 0. The van der Waals surface area contributed by atoms with Gasteiger partial charge in [-0.15, -0.1) is 0 Å². The third-order valence-corrected chi connectivity index (χ3v) is 1.66. The topological polar surface area (TPSA) is 52.0 Å². The second kappa shape index (κ2) is 3.81. The average molecular weight is 155 g/mol. The Hall–Kier alpha value is 1.56. The number of hydrogen-bond acceptors (Lipinski definition) is 2. The Labute approximate surface area is 100 Å². The summed E-state index contributed by atoms with van der Waals surface area (Å²) in [5, 5.41) is 0. The van der Waals surface area contributed by atoms with Crippen molar-refractivity contribution in [3.8, 4) is 0 Å². The molecule has 0 amide bonds. The van der Waals surface area contributed by atoms with Crippen LogP contribution in [0.4, 0.5) is 0 Å². The van der Waals surface area contributed by atoms with Crippen molar-refractivity contribution < 1.29 is 51.4 Å². The van der Waals surface area contributed by atoms with Crippen molar-refractivity contribution in [1.29, 1.82) is 0 Å². The molecule has 0 saturated heterocycles. The fraction of sp³-hybridized carbons (Fsp3) is 1.00. The van der Waals surface area contributed by atoms with Crippen LogP contribution in [0, 0.1) is 0 Å². The third kappa shape index (κ3) is 4.90. The molecule has 0 atom stereocenters. The summed E-state index contributed by atoms with van der Waals surface area (Å²) in [4.78, 5) is 0. The molecule has 0 aromatic carbocycles. The first-order valence-corrected chi connectivity index (χ1v) is 2.83. The van der Waals surface area contributed by atoms with E-state index in [-0.39, 0.29) is 62.5 Å². The first kappa shape index (κ1) is 13.2. The molecule has 0 aromatic rings. The molecule has 0 bridgehead atoms.